The number of hydrogen-bond acceptors (Lipinski definition) is 2. The monoisotopic (exact) mass is 350 g/mol. The lowest BCUT2D eigenvalue weighted by molar-refractivity contribution is -0.149. The molecule has 0 spiro atoms. The molecule has 3 heteroatoms. The van der Waals surface area contributed by atoms with Crippen molar-refractivity contribution >= 4 is 5.97 Å². The second kappa shape index (κ2) is 6.55. The maximum Gasteiger partial charge on any atom is 0.303 e. The van der Waals surface area contributed by atoms with Gasteiger partial charge in [0.05, 0.1) is 18.1 Å². The first-order chi connectivity index (χ1) is 11.5. The van der Waals surface area contributed by atoms with E-state index in [1.165, 1.54) is 38.5 Å². The van der Waals surface area contributed by atoms with Gasteiger partial charge in [0.1, 0.15) is 0 Å². The van der Waals surface area contributed by atoms with Crippen molar-refractivity contribution in [3.8, 4) is 0 Å². The first kappa shape index (κ1) is 19.2. The summed E-state index contributed by atoms with van der Waals surface area (Å²) >= 11 is 0. The average Bonchev–Trinajstić information content (AvgIpc) is 2.44. The van der Waals surface area contributed by atoms with Gasteiger partial charge in [-0.3, -0.25) is 4.79 Å². The lowest BCUT2D eigenvalue weighted by Gasteiger charge is -2.59. The number of fused-ring (bicyclic) bond motifs is 3. The summed E-state index contributed by atoms with van der Waals surface area (Å²) in [4.78, 5) is 11.3. The number of carbonyl (C=O) groups is 1. The molecule has 0 heterocycles. The van der Waals surface area contributed by atoms with Gasteiger partial charge >= 0.3 is 5.97 Å². The number of carboxylic acids is 1. The van der Waals surface area contributed by atoms with Crippen molar-refractivity contribution in [3.63, 3.8) is 0 Å². The minimum Gasteiger partial charge on any atom is -0.481 e. The van der Waals surface area contributed by atoms with Crippen molar-refractivity contribution in [3.05, 3.63) is 0 Å². The fraction of sp³-hybridized carbons (Fsp3) is 0.955. The van der Waals surface area contributed by atoms with Crippen molar-refractivity contribution in [1.82, 2.24) is 0 Å². The van der Waals surface area contributed by atoms with E-state index in [0.29, 0.717) is 17.9 Å². The van der Waals surface area contributed by atoms with Gasteiger partial charge in [0, 0.05) is 0 Å². The molecule has 0 aromatic rings. The van der Waals surface area contributed by atoms with Gasteiger partial charge < -0.3 is 9.84 Å². The summed E-state index contributed by atoms with van der Waals surface area (Å²) in [5, 5.41) is 9.27. The molecular formula is C22H38O3. The van der Waals surface area contributed by atoms with Gasteiger partial charge in [0.15, 0.2) is 0 Å². The van der Waals surface area contributed by atoms with Gasteiger partial charge in [-0.15, -0.1) is 0 Å². The van der Waals surface area contributed by atoms with Crippen LogP contribution in [0.1, 0.15) is 92.4 Å². The predicted octanol–water partition coefficient (Wildman–Crippen LogP) is 5.67. The number of hydrogen-bond donors (Lipinski definition) is 1. The van der Waals surface area contributed by atoms with E-state index < -0.39 is 5.97 Å². The van der Waals surface area contributed by atoms with E-state index in [1.54, 1.807) is 0 Å². The molecule has 3 rings (SSSR count). The fourth-order valence-corrected chi connectivity index (χ4v) is 6.65. The summed E-state index contributed by atoms with van der Waals surface area (Å²) in [5.74, 6) is 1.70. The topological polar surface area (TPSA) is 46.5 Å². The molecule has 1 N–H and O–H groups in total. The highest BCUT2D eigenvalue weighted by Gasteiger charge is 2.54. The zero-order chi connectivity index (χ0) is 18.5. The van der Waals surface area contributed by atoms with Crippen molar-refractivity contribution in [2.24, 2.45) is 28.6 Å². The second-order valence-corrected chi connectivity index (χ2v) is 10.9. The van der Waals surface area contributed by atoms with Crippen LogP contribution in [0.25, 0.3) is 0 Å². The summed E-state index contributed by atoms with van der Waals surface area (Å²) in [6.07, 6.45) is 10.5. The number of ether oxygens (including phenoxy) is 1. The molecule has 0 aromatic carbocycles. The molecule has 144 valence electrons. The normalized spacial score (nSPS) is 44.7. The molecule has 3 saturated carbocycles. The minimum atomic E-state index is -0.624. The summed E-state index contributed by atoms with van der Waals surface area (Å²) in [6, 6.07) is 0. The van der Waals surface area contributed by atoms with Crippen LogP contribution in [0.3, 0.4) is 0 Å². The largest absolute Gasteiger partial charge is 0.481 e. The third-order valence-corrected chi connectivity index (χ3v) is 7.70. The Morgan fingerprint density at radius 2 is 1.84 bits per heavy atom. The molecule has 25 heavy (non-hydrogen) atoms. The standard InChI is InChI=1S/C22H38O3/c1-20(2,3)25-17-8-11-22(5)16(12-17)7-6-15-13-21(4,14-19(23)24)10-9-18(15)22/h15-18H,6-14H2,1-5H3,(H,23,24)/t15?,16-,17+,18?,21-,22-/m0/s1. The number of carboxylic acid groups (broad SMARTS) is 1. The highest BCUT2D eigenvalue weighted by atomic mass is 16.5. The van der Waals surface area contributed by atoms with Gasteiger partial charge in [0.25, 0.3) is 0 Å². The van der Waals surface area contributed by atoms with Crippen molar-refractivity contribution in [1.29, 1.82) is 0 Å². The molecule has 6 atom stereocenters. The Balaban J connectivity index is 1.68. The Labute approximate surface area is 153 Å². The average molecular weight is 351 g/mol. The quantitative estimate of drug-likeness (QED) is 0.713. The van der Waals surface area contributed by atoms with Crippen LogP contribution in [0.2, 0.25) is 0 Å². The van der Waals surface area contributed by atoms with Gasteiger partial charge in [-0.25, -0.2) is 0 Å². The van der Waals surface area contributed by atoms with Crippen LogP contribution >= 0.6 is 0 Å². The van der Waals surface area contributed by atoms with Crippen molar-refractivity contribution < 1.29 is 14.6 Å². The third kappa shape index (κ3) is 4.07. The van der Waals surface area contributed by atoms with E-state index in [2.05, 4.69) is 34.6 Å². The maximum absolute atomic E-state index is 11.3. The molecule has 0 aliphatic heterocycles. The van der Waals surface area contributed by atoms with E-state index >= 15 is 0 Å². The van der Waals surface area contributed by atoms with Crippen LogP contribution < -0.4 is 0 Å². The zero-order valence-electron chi connectivity index (χ0n) is 16.9. The lowest BCUT2D eigenvalue weighted by Crippen LogP contribution is -2.51. The van der Waals surface area contributed by atoms with E-state index in [9.17, 15) is 9.90 Å². The van der Waals surface area contributed by atoms with Crippen LogP contribution in [0, 0.1) is 28.6 Å². The molecule has 3 aliphatic rings. The van der Waals surface area contributed by atoms with Crippen LogP contribution in [0.15, 0.2) is 0 Å². The Bertz CT molecular complexity index is 508. The van der Waals surface area contributed by atoms with Crippen LogP contribution in [0.4, 0.5) is 0 Å². The van der Waals surface area contributed by atoms with Gasteiger partial charge in [-0.05, 0) is 101 Å². The number of rotatable bonds is 3. The van der Waals surface area contributed by atoms with Crippen LogP contribution in [0.5, 0.6) is 0 Å². The van der Waals surface area contributed by atoms with Crippen LogP contribution in [-0.4, -0.2) is 22.8 Å². The highest BCUT2D eigenvalue weighted by molar-refractivity contribution is 5.67. The van der Waals surface area contributed by atoms with Gasteiger partial charge in [0.2, 0.25) is 0 Å². The van der Waals surface area contributed by atoms with E-state index in [1.807, 2.05) is 0 Å². The molecular weight excluding hydrogens is 312 g/mol. The predicted molar refractivity (Wildman–Crippen MR) is 100 cm³/mol. The Morgan fingerprint density at radius 3 is 2.48 bits per heavy atom. The number of aliphatic carboxylic acids is 1. The summed E-state index contributed by atoms with van der Waals surface area (Å²) < 4.78 is 6.32. The maximum atomic E-state index is 11.3. The molecule has 0 radical (unpaired) electrons. The van der Waals surface area contributed by atoms with E-state index in [4.69, 9.17) is 4.74 Å². The molecule has 0 saturated heterocycles. The molecule has 0 amide bonds. The van der Waals surface area contributed by atoms with E-state index in [0.717, 1.165) is 30.6 Å². The lowest BCUT2D eigenvalue weighted by atomic mass is 9.47. The highest BCUT2D eigenvalue weighted by Crippen LogP contribution is 2.62. The molecule has 2 unspecified atom stereocenters. The minimum absolute atomic E-state index is 0.0166. The summed E-state index contributed by atoms with van der Waals surface area (Å²) in [5.41, 5.74) is 0.424. The first-order valence-electron chi connectivity index (χ1n) is 10.4. The Hall–Kier alpha value is -0.570. The molecule has 0 bridgehead atoms. The zero-order valence-corrected chi connectivity index (χ0v) is 16.9. The first-order valence-corrected chi connectivity index (χ1v) is 10.4. The van der Waals surface area contributed by atoms with Crippen molar-refractivity contribution in [2.75, 3.05) is 0 Å². The SMILES string of the molecule is CC(C)(C)O[C@@H]1CC[C@]2(C)C3CC[C@](C)(CC(=O)O)CC3CC[C@H]2C1. The Morgan fingerprint density at radius 1 is 1.12 bits per heavy atom. The van der Waals surface area contributed by atoms with Crippen molar-refractivity contribution in [2.45, 2.75) is 104 Å². The van der Waals surface area contributed by atoms with Gasteiger partial charge in [-0.2, -0.15) is 0 Å². The second-order valence-electron chi connectivity index (χ2n) is 10.9. The summed E-state index contributed by atoms with van der Waals surface area (Å²) in [6.45, 7) is 11.3. The molecule has 0 aromatic heterocycles. The summed E-state index contributed by atoms with van der Waals surface area (Å²) in [7, 11) is 0. The van der Waals surface area contributed by atoms with Gasteiger partial charge in [-0.1, -0.05) is 13.8 Å². The fourth-order valence-electron chi connectivity index (χ4n) is 6.65. The van der Waals surface area contributed by atoms with E-state index in [-0.39, 0.29) is 11.0 Å². The molecule has 3 nitrogen and oxygen atoms in total. The molecule has 3 aliphatic carbocycles. The molecule has 3 fully saturated rings. The smallest absolute Gasteiger partial charge is 0.303 e. The van der Waals surface area contributed by atoms with Crippen LogP contribution in [-0.2, 0) is 9.53 Å². The third-order valence-electron chi connectivity index (χ3n) is 7.70. The Kier molecular flexibility index (Phi) is 5.03.